The minimum absolute atomic E-state index is 0.0258. The quantitative estimate of drug-likeness (QED) is 0.266. The van der Waals surface area contributed by atoms with Crippen molar-refractivity contribution in [1.82, 2.24) is 4.90 Å². The fraction of sp³-hybridized carbons (Fsp3) is 0.714. The van der Waals surface area contributed by atoms with E-state index in [-0.39, 0.29) is 11.9 Å². The number of rotatable bonds is 4. The van der Waals surface area contributed by atoms with Gasteiger partial charge < -0.3 is 15.4 Å². The van der Waals surface area contributed by atoms with E-state index >= 15 is 0 Å². The molecule has 0 amide bonds. The van der Waals surface area contributed by atoms with Crippen molar-refractivity contribution in [3.8, 4) is 0 Å². The molecule has 0 rings (SSSR count). The van der Waals surface area contributed by atoms with Crippen LogP contribution in [0.2, 0.25) is 0 Å². The maximum Gasteiger partial charge on any atom is 0.302 e. The lowest BCUT2D eigenvalue weighted by molar-refractivity contribution is -0.141. The lowest BCUT2D eigenvalue weighted by Gasteiger charge is -2.15. The summed E-state index contributed by atoms with van der Waals surface area (Å²) in [5.41, 5.74) is 5.18. The van der Waals surface area contributed by atoms with Crippen LogP contribution in [0.4, 0.5) is 0 Å². The number of nitrogens with zero attached hydrogens (tertiary/aromatic N) is 1. The fourth-order valence-corrected chi connectivity index (χ4v) is 0.638. The molecule has 0 aliphatic carbocycles. The lowest BCUT2D eigenvalue weighted by Crippen LogP contribution is -2.34. The van der Waals surface area contributed by atoms with Crippen molar-refractivity contribution >= 4 is 11.9 Å². The Bertz CT molecular complexity index is 170. The van der Waals surface area contributed by atoms with E-state index in [1.807, 2.05) is 0 Å². The van der Waals surface area contributed by atoms with E-state index < -0.39 is 0 Å². The van der Waals surface area contributed by atoms with Crippen molar-refractivity contribution < 1.29 is 9.53 Å². The van der Waals surface area contributed by atoms with Crippen LogP contribution in [0.15, 0.2) is 0 Å². The number of hydrogen-bond acceptors (Lipinski definition) is 3. The number of nitrogens with one attached hydrogen (secondary N) is 1. The first-order valence-corrected chi connectivity index (χ1v) is 3.72. The van der Waals surface area contributed by atoms with E-state index in [4.69, 9.17) is 15.9 Å². The summed E-state index contributed by atoms with van der Waals surface area (Å²) in [5, 5.41) is 7.02. The van der Waals surface area contributed by atoms with Crippen LogP contribution in [0.5, 0.6) is 0 Å². The molecule has 0 unspecified atom stereocenters. The van der Waals surface area contributed by atoms with E-state index in [0.717, 1.165) is 0 Å². The Morgan fingerprint density at radius 3 is 2.67 bits per heavy atom. The van der Waals surface area contributed by atoms with Gasteiger partial charge in [0.1, 0.15) is 0 Å². The van der Waals surface area contributed by atoms with Crippen LogP contribution >= 0.6 is 0 Å². The van der Waals surface area contributed by atoms with E-state index in [2.05, 4.69) is 0 Å². The van der Waals surface area contributed by atoms with Gasteiger partial charge in [0.2, 0.25) is 0 Å². The van der Waals surface area contributed by atoms with Gasteiger partial charge in [0, 0.05) is 20.5 Å². The summed E-state index contributed by atoms with van der Waals surface area (Å²) in [7, 11) is 1.72. The second kappa shape index (κ2) is 5.40. The Labute approximate surface area is 72.0 Å². The van der Waals surface area contributed by atoms with Crippen LogP contribution in [0, 0.1) is 5.41 Å². The molecule has 0 aromatic carbocycles. The largest absolute Gasteiger partial charge is 0.466 e. The lowest BCUT2D eigenvalue weighted by atomic mass is 10.4. The molecule has 0 aromatic rings. The minimum atomic E-state index is -0.277. The molecule has 0 heterocycles. The second-order valence-corrected chi connectivity index (χ2v) is 2.50. The molecule has 5 heteroatoms. The van der Waals surface area contributed by atoms with E-state index in [1.54, 1.807) is 11.9 Å². The Morgan fingerprint density at radius 2 is 2.25 bits per heavy atom. The van der Waals surface area contributed by atoms with Gasteiger partial charge in [0.15, 0.2) is 5.96 Å². The van der Waals surface area contributed by atoms with Gasteiger partial charge >= 0.3 is 5.97 Å². The molecule has 0 aromatic heterocycles. The van der Waals surface area contributed by atoms with Crippen LogP contribution in [-0.2, 0) is 9.53 Å². The maximum atomic E-state index is 10.3. The maximum absolute atomic E-state index is 10.3. The molecular formula is C7H15N3O2. The van der Waals surface area contributed by atoms with Gasteiger partial charge in [-0.3, -0.25) is 10.2 Å². The SMILES string of the molecule is CC(=O)OCCCN(C)C(=N)N. The predicted molar refractivity (Wildman–Crippen MR) is 45.8 cm³/mol. The molecule has 0 saturated carbocycles. The zero-order valence-corrected chi connectivity index (χ0v) is 7.46. The van der Waals surface area contributed by atoms with Crippen LogP contribution in [0.1, 0.15) is 13.3 Å². The summed E-state index contributed by atoms with van der Waals surface area (Å²) in [6.07, 6.45) is 0.690. The number of esters is 1. The first kappa shape index (κ1) is 10.7. The van der Waals surface area contributed by atoms with Gasteiger partial charge in [-0.2, -0.15) is 0 Å². The predicted octanol–water partition coefficient (Wildman–Crippen LogP) is -0.235. The molecule has 0 aliphatic rings. The smallest absolute Gasteiger partial charge is 0.302 e. The molecule has 0 saturated heterocycles. The number of hydrogen-bond donors (Lipinski definition) is 2. The Morgan fingerprint density at radius 1 is 1.67 bits per heavy atom. The van der Waals surface area contributed by atoms with Crippen molar-refractivity contribution in [2.24, 2.45) is 5.73 Å². The Kier molecular flexibility index (Phi) is 4.83. The average Bonchev–Trinajstić information content (AvgIpc) is 1.97. The third kappa shape index (κ3) is 5.52. The molecule has 3 N–H and O–H groups in total. The fourth-order valence-electron chi connectivity index (χ4n) is 0.638. The van der Waals surface area contributed by atoms with Gasteiger partial charge in [-0.25, -0.2) is 0 Å². The average molecular weight is 173 g/mol. The normalized spacial score (nSPS) is 9.17. The highest BCUT2D eigenvalue weighted by Gasteiger charge is 1.99. The zero-order valence-electron chi connectivity index (χ0n) is 7.46. The number of carbonyl (C=O) groups excluding carboxylic acids is 1. The van der Waals surface area contributed by atoms with E-state index in [0.29, 0.717) is 19.6 Å². The van der Waals surface area contributed by atoms with Crippen LogP contribution in [0.25, 0.3) is 0 Å². The summed E-state index contributed by atoms with van der Waals surface area (Å²) < 4.78 is 4.70. The van der Waals surface area contributed by atoms with Crippen LogP contribution < -0.4 is 5.73 Å². The monoisotopic (exact) mass is 173 g/mol. The highest BCUT2D eigenvalue weighted by molar-refractivity contribution is 5.74. The first-order valence-electron chi connectivity index (χ1n) is 3.72. The molecule has 0 atom stereocenters. The van der Waals surface area contributed by atoms with Crippen LogP contribution in [-0.4, -0.2) is 37.0 Å². The summed E-state index contributed by atoms with van der Waals surface area (Å²) in [5.74, 6) is -0.252. The summed E-state index contributed by atoms with van der Waals surface area (Å²) in [6.45, 7) is 2.38. The summed E-state index contributed by atoms with van der Waals surface area (Å²) in [6, 6.07) is 0. The van der Waals surface area contributed by atoms with Crippen molar-refractivity contribution in [2.75, 3.05) is 20.2 Å². The van der Waals surface area contributed by atoms with Gasteiger partial charge in [-0.1, -0.05) is 0 Å². The van der Waals surface area contributed by atoms with Gasteiger partial charge in [-0.15, -0.1) is 0 Å². The molecule has 0 fully saturated rings. The molecule has 5 nitrogen and oxygen atoms in total. The highest BCUT2D eigenvalue weighted by atomic mass is 16.5. The second-order valence-electron chi connectivity index (χ2n) is 2.50. The number of nitrogens with two attached hydrogens (primary N) is 1. The van der Waals surface area contributed by atoms with Crippen molar-refractivity contribution in [1.29, 1.82) is 5.41 Å². The van der Waals surface area contributed by atoms with Crippen molar-refractivity contribution in [2.45, 2.75) is 13.3 Å². The highest BCUT2D eigenvalue weighted by Crippen LogP contribution is 1.87. The van der Waals surface area contributed by atoms with E-state index in [9.17, 15) is 4.79 Å². The molecule has 0 radical (unpaired) electrons. The van der Waals surface area contributed by atoms with Crippen molar-refractivity contribution in [3.63, 3.8) is 0 Å². The number of guanidine groups is 1. The standard InChI is InChI=1S/C7H15N3O2/c1-6(11)12-5-3-4-10(2)7(8)9/h3-5H2,1-2H3,(H3,8,9). The molecule has 70 valence electrons. The summed E-state index contributed by atoms with van der Waals surface area (Å²) >= 11 is 0. The topological polar surface area (TPSA) is 79.4 Å². The van der Waals surface area contributed by atoms with Crippen LogP contribution in [0.3, 0.4) is 0 Å². The molecule has 0 bridgehead atoms. The minimum Gasteiger partial charge on any atom is -0.466 e. The van der Waals surface area contributed by atoms with Gasteiger partial charge in [0.25, 0.3) is 0 Å². The van der Waals surface area contributed by atoms with Gasteiger partial charge in [0.05, 0.1) is 6.61 Å². The van der Waals surface area contributed by atoms with Gasteiger partial charge in [-0.05, 0) is 6.42 Å². The third-order valence-corrected chi connectivity index (χ3v) is 1.35. The molecular weight excluding hydrogens is 158 g/mol. The number of ether oxygens (including phenoxy) is 1. The molecule has 0 spiro atoms. The van der Waals surface area contributed by atoms with Crippen molar-refractivity contribution in [3.05, 3.63) is 0 Å². The zero-order chi connectivity index (χ0) is 9.56. The molecule has 0 aliphatic heterocycles. The first-order chi connectivity index (χ1) is 5.54. The Hall–Kier alpha value is -1.26. The van der Waals surface area contributed by atoms with E-state index in [1.165, 1.54) is 6.92 Å². The number of carbonyl (C=O) groups is 1. The summed E-state index contributed by atoms with van der Waals surface area (Å²) in [4.78, 5) is 11.9. The third-order valence-electron chi connectivity index (χ3n) is 1.35. The molecule has 12 heavy (non-hydrogen) atoms. The Balaban J connectivity index is 3.31.